The molecule has 32 heavy (non-hydrogen) atoms. The molecule has 0 fully saturated rings. The molecule has 3 aromatic rings. The van der Waals surface area contributed by atoms with E-state index in [1.54, 1.807) is 38.1 Å². The van der Waals surface area contributed by atoms with Crippen molar-refractivity contribution in [3.63, 3.8) is 0 Å². The van der Waals surface area contributed by atoms with E-state index >= 15 is 0 Å². The average Bonchev–Trinajstić information content (AvgIpc) is 2.76. The molecule has 0 aliphatic carbocycles. The van der Waals surface area contributed by atoms with Crippen molar-refractivity contribution in [1.29, 1.82) is 0 Å². The Kier molecular flexibility index (Phi) is 6.79. The molecule has 0 saturated carbocycles. The lowest BCUT2D eigenvalue weighted by molar-refractivity contribution is -0.384. The first-order valence-corrected chi connectivity index (χ1v) is 9.81. The number of nitro benzene ring substituents is 1. The lowest BCUT2D eigenvalue weighted by Crippen LogP contribution is -2.45. The van der Waals surface area contributed by atoms with Gasteiger partial charge in [0.15, 0.2) is 6.73 Å². The number of nitrogens with zero attached hydrogens (tertiary/aromatic N) is 4. The zero-order valence-corrected chi connectivity index (χ0v) is 17.8. The number of benzene rings is 2. The minimum absolute atomic E-state index is 0.0121. The van der Waals surface area contributed by atoms with Gasteiger partial charge in [0.25, 0.3) is 17.2 Å². The van der Waals surface area contributed by atoms with Gasteiger partial charge in [0.1, 0.15) is 11.6 Å². The molecular weight excluding hydrogens is 442 g/mol. The van der Waals surface area contributed by atoms with Gasteiger partial charge in [-0.15, -0.1) is 5.10 Å². The zero-order valence-electron chi connectivity index (χ0n) is 17.0. The first kappa shape index (κ1) is 22.8. The van der Waals surface area contributed by atoms with Crippen molar-refractivity contribution in [2.45, 2.75) is 26.6 Å². The maximum atomic E-state index is 12.6. The van der Waals surface area contributed by atoms with Gasteiger partial charge in [-0.1, -0.05) is 42.8 Å². The molecule has 0 spiro atoms. The summed E-state index contributed by atoms with van der Waals surface area (Å²) in [4.78, 5) is 48.0. The van der Waals surface area contributed by atoms with Gasteiger partial charge in [0, 0.05) is 12.1 Å². The molecule has 1 unspecified atom stereocenters. The SMILES string of the molecule is CC(C)C(NC(=O)c1cc([N+](=O)[O-])ccc1Cl)C(=O)OCn1nnc2ccccc2c1=O. The molecule has 3 rings (SSSR count). The number of fused-ring (bicyclic) bond motifs is 1. The molecule has 1 heterocycles. The standard InChI is InChI=1S/C20H18ClN5O6/c1-11(2)17(22-18(27)14-9-12(26(30)31)7-8-15(14)21)20(29)32-10-25-19(28)13-5-3-4-6-16(13)23-24-25/h3-9,11,17H,10H2,1-2H3,(H,22,27). The average molecular weight is 460 g/mol. The highest BCUT2D eigenvalue weighted by molar-refractivity contribution is 6.34. The van der Waals surface area contributed by atoms with Crippen molar-refractivity contribution < 1.29 is 19.2 Å². The lowest BCUT2D eigenvalue weighted by Gasteiger charge is -2.21. The van der Waals surface area contributed by atoms with Crippen LogP contribution in [0.1, 0.15) is 24.2 Å². The Morgan fingerprint density at radius 3 is 2.66 bits per heavy atom. The summed E-state index contributed by atoms with van der Waals surface area (Å²) in [5.41, 5.74) is -0.563. The third-order valence-electron chi connectivity index (χ3n) is 4.57. The van der Waals surface area contributed by atoms with E-state index in [2.05, 4.69) is 15.6 Å². The molecule has 0 aliphatic heterocycles. The number of carbonyl (C=O) groups excluding carboxylic acids is 2. The van der Waals surface area contributed by atoms with Crippen molar-refractivity contribution in [1.82, 2.24) is 20.3 Å². The van der Waals surface area contributed by atoms with Gasteiger partial charge in [-0.25, -0.2) is 4.79 Å². The Bertz CT molecular complexity index is 1260. The summed E-state index contributed by atoms with van der Waals surface area (Å²) in [6.45, 7) is 2.83. The highest BCUT2D eigenvalue weighted by Crippen LogP contribution is 2.22. The van der Waals surface area contributed by atoms with E-state index in [0.717, 1.165) is 16.8 Å². The molecule has 0 saturated heterocycles. The summed E-state index contributed by atoms with van der Waals surface area (Å²) in [5.74, 6) is -2.00. The Balaban J connectivity index is 1.75. The summed E-state index contributed by atoms with van der Waals surface area (Å²) >= 11 is 5.99. The smallest absolute Gasteiger partial charge is 0.330 e. The molecular formula is C20H18ClN5O6. The van der Waals surface area contributed by atoms with Gasteiger partial charge in [-0.3, -0.25) is 19.7 Å². The van der Waals surface area contributed by atoms with Gasteiger partial charge in [0.05, 0.1) is 20.9 Å². The second kappa shape index (κ2) is 9.52. The second-order valence-corrected chi connectivity index (χ2v) is 7.53. The predicted octanol–water partition coefficient (Wildman–Crippen LogP) is 2.31. The number of ether oxygens (including phenoxy) is 1. The minimum atomic E-state index is -1.11. The van der Waals surface area contributed by atoms with Crippen LogP contribution in [0, 0.1) is 16.0 Å². The number of halogens is 1. The predicted molar refractivity (Wildman–Crippen MR) is 114 cm³/mol. The van der Waals surface area contributed by atoms with Gasteiger partial charge < -0.3 is 10.1 Å². The fourth-order valence-corrected chi connectivity index (χ4v) is 3.04. The maximum absolute atomic E-state index is 12.6. The molecule has 11 nitrogen and oxygen atoms in total. The third-order valence-corrected chi connectivity index (χ3v) is 4.90. The second-order valence-electron chi connectivity index (χ2n) is 7.12. The molecule has 0 aliphatic rings. The number of aromatic nitrogens is 3. The fraction of sp³-hybridized carbons (Fsp3) is 0.250. The van der Waals surface area contributed by atoms with Crippen molar-refractivity contribution in [2.24, 2.45) is 5.92 Å². The van der Waals surface area contributed by atoms with Crippen molar-refractivity contribution in [3.8, 4) is 0 Å². The molecule has 1 atom stereocenters. The normalized spacial score (nSPS) is 11.9. The van der Waals surface area contributed by atoms with E-state index in [1.165, 1.54) is 6.07 Å². The van der Waals surface area contributed by atoms with Crippen LogP contribution in [0.15, 0.2) is 47.3 Å². The van der Waals surface area contributed by atoms with Crippen LogP contribution in [-0.2, 0) is 16.3 Å². The molecule has 12 heteroatoms. The van der Waals surface area contributed by atoms with E-state index in [-0.39, 0.29) is 16.3 Å². The van der Waals surface area contributed by atoms with Crippen molar-refractivity contribution in [3.05, 3.63) is 73.5 Å². The van der Waals surface area contributed by atoms with Crippen LogP contribution in [-0.4, -0.2) is 37.8 Å². The van der Waals surface area contributed by atoms with Gasteiger partial charge in [0.2, 0.25) is 0 Å². The quantitative estimate of drug-likeness (QED) is 0.321. The largest absolute Gasteiger partial charge is 0.441 e. The Labute approximate surface area is 186 Å². The summed E-state index contributed by atoms with van der Waals surface area (Å²) in [7, 11) is 0. The van der Waals surface area contributed by atoms with Crippen molar-refractivity contribution >= 4 is 40.1 Å². The summed E-state index contributed by atoms with van der Waals surface area (Å²) in [6.07, 6.45) is 0. The lowest BCUT2D eigenvalue weighted by atomic mass is 10.0. The molecule has 2 aromatic carbocycles. The van der Waals surface area contributed by atoms with Crippen molar-refractivity contribution in [2.75, 3.05) is 0 Å². The molecule has 0 radical (unpaired) electrons. The first-order chi connectivity index (χ1) is 15.2. The highest BCUT2D eigenvalue weighted by atomic mass is 35.5. The van der Waals surface area contributed by atoms with Gasteiger partial charge in [-0.2, -0.15) is 4.68 Å². The van der Waals surface area contributed by atoms with Crippen LogP contribution in [0.4, 0.5) is 5.69 Å². The van der Waals surface area contributed by atoms with E-state index in [1.807, 2.05) is 0 Å². The molecule has 0 bridgehead atoms. The first-order valence-electron chi connectivity index (χ1n) is 9.43. The maximum Gasteiger partial charge on any atom is 0.330 e. The van der Waals surface area contributed by atoms with Crippen LogP contribution in [0.3, 0.4) is 0 Å². The summed E-state index contributed by atoms with van der Waals surface area (Å²) < 4.78 is 6.06. The van der Waals surface area contributed by atoms with Crippen LogP contribution in [0.5, 0.6) is 0 Å². The molecule has 166 valence electrons. The number of non-ortho nitro benzene ring substituents is 1. The van der Waals surface area contributed by atoms with Crippen LogP contribution in [0.2, 0.25) is 5.02 Å². The Hall–Kier alpha value is -3.86. The molecule has 1 N–H and O–H groups in total. The number of esters is 1. The number of amides is 1. The number of carbonyl (C=O) groups is 2. The molecule has 1 amide bonds. The van der Waals surface area contributed by atoms with Crippen LogP contribution >= 0.6 is 11.6 Å². The zero-order chi connectivity index (χ0) is 23.4. The highest BCUT2D eigenvalue weighted by Gasteiger charge is 2.28. The van der Waals surface area contributed by atoms with Crippen LogP contribution in [0.25, 0.3) is 10.9 Å². The van der Waals surface area contributed by atoms with E-state index in [4.69, 9.17) is 16.3 Å². The summed E-state index contributed by atoms with van der Waals surface area (Å²) in [5, 5.41) is 21.4. The number of rotatable bonds is 7. The van der Waals surface area contributed by atoms with Crippen LogP contribution < -0.4 is 10.9 Å². The van der Waals surface area contributed by atoms with Gasteiger partial charge >= 0.3 is 5.97 Å². The number of nitrogens with one attached hydrogen (secondary N) is 1. The van der Waals surface area contributed by atoms with E-state index in [9.17, 15) is 24.5 Å². The van der Waals surface area contributed by atoms with E-state index in [0.29, 0.717) is 10.9 Å². The number of nitro groups is 1. The fourth-order valence-electron chi connectivity index (χ4n) is 2.84. The number of hydrogen-bond acceptors (Lipinski definition) is 8. The minimum Gasteiger partial charge on any atom is -0.441 e. The molecule has 1 aromatic heterocycles. The Morgan fingerprint density at radius 1 is 1.25 bits per heavy atom. The van der Waals surface area contributed by atoms with Gasteiger partial charge in [-0.05, 0) is 24.1 Å². The van der Waals surface area contributed by atoms with E-state index < -0.39 is 41.0 Å². The number of hydrogen-bond donors (Lipinski definition) is 1. The third kappa shape index (κ3) is 4.89. The topological polar surface area (TPSA) is 146 Å². The monoisotopic (exact) mass is 459 g/mol. The Morgan fingerprint density at radius 2 is 1.97 bits per heavy atom. The summed E-state index contributed by atoms with van der Waals surface area (Å²) in [6, 6.07) is 8.88.